The lowest BCUT2D eigenvalue weighted by Gasteiger charge is -2.20. The second-order valence-corrected chi connectivity index (χ2v) is 3.57. The van der Waals surface area contributed by atoms with Gasteiger partial charge in [-0.15, -0.1) is 0 Å². The highest BCUT2D eigenvalue weighted by Crippen LogP contribution is 2.01. The second-order valence-electron chi connectivity index (χ2n) is 3.57. The lowest BCUT2D eigenvalue weighted by Crippen LogP contribution is -2.49. The fraction of sp³-hybridized carbons (Fsp3) is 0.667. The number of rotatable bonds is 6. The van der Waals surface area contributed by atoms with Crippen molar-refractivity contribution in [1.82, 2.24) is 10.8 Å². The van der Waals surface area contributed by atoms with Crippen molar-refractivity contribution in [2.24, 2.45) is 5.92 Å². The van der Waals surface area contributed by atoms with E-state index in [0.717, 1.165) is 0 Å². The summed E-state index contributed by atoms with van der Waals surface area (Å²) in [6, 6.07) is -0.744. The van der Waals surface area contributed by atoms with Crippen molar-refractivity contribution in [3.63, 3.8) is 0 Å². The second kappa shape index (κ2) is 6.78. The zero-order valence-corrected chi connectivity index (χ0v) is 9.44. The van der Waals surface area contributed by atoms with Crippen molar-refractivity contribution in [3.8, 4) is 0 Å². The van der Waals surface area contributed by atoms with Crippen LogP contribution in [0.5, 0.6) is 0 Å². The molecule has 0 aliphatic rings. The Morgan fingerprint density at radius 2 is 1.88 bits per heavy atom. The predicted molar refractivity (Wildman–Crippen MR) is 54.2 cm³/mol. The average molecular weight is 232 g/mol. The number of hydrogen-bond donors (Lipinski definition) is 3. The molecule has 2 amide bonds. The van der Waals surface area contributed by atoms with Crippen molar-refractivity contribution in [2.45, 2.75) is 26.8 Å². The van der Waals surface area contributed by atoms with Gasteiger partial charge in [0.1, 0.15) is 6.04 Å². The van der Waals surface area contributed by atoms with E-state index >= 15 is 0 Å². The van der Waals surface area contributed by atoms with Crippen LogP contribution >= 0.6 is 0 Å². The van der Waals surface area contributed by atoms with Crippen molar-refractivity contribution < 1.29 is 24.3 Å². The maximum atomic E-state index is 11.5. The first-order chi connectivity index (χ1) is 7.34. The number of carbonyl (C=O) groups is 3. The van der Waals surface area contributed by atoms with Crippen LogP contribution in [0.25, 0.3) is 0 Å². The predicted octanol–water partition coefficient (Wildman–Crippen LogP) is -0.720. The van der Waals surface area contributed by atoms with E-state index in [9.17, 15) is 14.4 Å². The lowest BCUT2D eigenvalue weighted by molar-refractivity contribution is -0.151. The van der Waals surface area contributed by atoms with Crippen LogP contribution in [0.15, 0.2) is 0 Å². The number of hydrogen-bond acceptors (Lipinski definition) is 4. The summed E-state index contributed by atoms with van der Waals surface area (Å²) in [6.45, 7) is 4.16. The van der Waals surface area contributed by atoms with Crippen LogP contribution in [-0.2, 0) is 19.2 Å². The van der Waals surface area contributed by atoms with Crippen LogP contribution < -0.4 is 10.8 Å². The van der Waals surface area contributed by atoms with Gasteiger partial charge < -0.3 is 10.4 Å². The summed E-state index contributed by atoms with van der Waals surface area (Å²) >= 11 is 0. The molecule has 0 aliphatic carbocycles. The SMILES string of the molecule is CC(=O)NC(C(=O)NOCC(=O)O)C(C)C. The number of carbonyl (C=O) groups excluding carboxylic acids is 2. The Kier molecular flexibility index (Phi) is 6.09. The largest absolute Gasteiger partial charge is 0.479 e. The van der Waals surface area contributed by atoms with Gasteiger partial charge in [0.25, 0.3) is 5.91 Å². The maximum Gasteiger partial charge on any atom is 0.332 e. The highest BCUT2D eigenvalue weighted by Gasteiger charge is 2.23. The van der Waals surface area contributed by atoms with Crippen molar-refractivity contribution >= 4 is 17.8 Å². The number of carboxylic acids is 1. The Morgan fingerprint density at radius 3 is 2.25 bits per heavy atom. The van der Waals surface area contributed by atoms with E-state index in [-0.39, 0.29) is 11.8 Å². The van der Waals surface area contributed by atoms with Crippen LogP contribution in [0, 0.1) is 5.92 Å². The molecule has 3 N–H and O–H groups in total. The summed E-state index contributed by atoms with van der Waals surface area (Å²) in [5, 5.41) is 10.7. The molecule has 0 rings (SSSR count). The third kappa shape index (κ3) is 5.97. The Morgan fingerprint density at radius 1 is 1.31 bits per heavy atom. The molecule has 92 valence electrons. The summed E-state index contributed by atoms with van der Waals surface area (Å²) in [7, 11) is 0. The first kappa shape index (κ1) is 14.4. The molecule has 0 spiro atoms. The fourth-order valence-electron chi connectivity index (χ4n) is 0.986. The summed E-state index contributed by atoms with van der Waals surface area (Å²) in [5.74, 6) is -2.24. The first-order valence-electron chi connectivity index (χ1n) is 4.75. The van der Waals surface area contributed by atoms with Gasteiger partial charge in [-0.05, 0) is 5.92 Å². The molecule has 0 saturated carbocycles. The minimum Gasteiger partial charge on any atom is -0.479 e. The maximum absolute atomic E-state index is 11.5. The quantitative estimate of drug-likeness (QED) is 0.524. The molecule has 16 heavy (non-hydrogen) atoms. The van der Waals surface area contributed by atoms with Gasteiger partial charge in [-0.3, -0.25) is 14.4 Å². The standard InChI is InChI=1S/C9H16N2O5/c1-5(2)8(10-6(3)12)9(15)11-16-4-7(13)14/h5,8H,4H2,1-3H3,(H,10,12)(H,11,15)(H,13,14). The van der Waals surface area contributed by atoms with Crippen molar-refractivity contribution in [1.29, 1.82) is 0 Å². The molecule has 0 aromatic rings. The van der Waals surface area contributed by atoms with Gasteiger partial charge in [0.2, 0.25) is 5.91 Å². The van der Waals surface area contributed by atoms with Crippen LogP contribution in [0.1, 0.15) is 20.8 Å². The van der Waals surface area contributed by atoms with E-state index in [2.05, 4.69) is 10.2 Å². The minimum atomic E-state index is -1.19. The van der Waals surface area contributed by atoms with E-state index in [4.69, 9.17) is 5.11 Å². The number of aliphatic carboxylic acids is 1. The smallest absolute Gasteiger partial charge is 0.332 e. The van der Waals surface area contributed by atoms with Gasteiger partial charge in [0, 0.05) is 6.92 Å². The van der Waals surface area contributed by atoms with E-state index in [0.29, 0.717) is 0 Å². The molecular formula is C9H16N2O5. The highest BCUT2D eigenvalue weighted by molar-refractivity contribution is 5.86. The van der Waals surface area contributed by atoms with Gasteiger partial charge in [-0.25, -0.2) is 10.3 Å². The van der Waals surface area contributed by atoms with Gasteiger partial charge >= 0.3 is 5.97 Å². The summed E-state index contributed by atoms with van der Waals surface area (Å²) in [5.41, 5.74) is 1.97. The number of amides is 2. The molecule has 0 aliphatic heterocycles. The van der Waals surface area contributed by atoms with Crippen LogP contribution in [0.3, 0.4) is 0 Å². The molecule has 1 atom stereocenters. The Hall–Kier alpha value is -1.63. The number of carboxylic acid groups (broad SMARTS) is 1. The summed E-state index contributed by atoms with van der Waals surface area (Å²) in [6.07, 6.45) is 0. The normalized spacial score (nSPS) is 12.0. The lowest BCUT2D eigenvalue weighted by atomic mass is 10.0. The van der Waals surface area contributed by atoms with Crippen molar-refractivity contribution in [2.75, 3.05) is 6.61 Å². The van der Waals surface area contributed by atoms with Crippen LogP contribution in [0.4, 0.5) is 0 Å². The molecule has 0 bridgehead atoms. The Balaban J connectivity index is 4.17. The van der Waals surface area contributed by atoms with Gasteiger partial charge in [-0.1, -0.05) is 13.8 Å². The average Bonchev–Trinajstić information content (AvgIpc) is 2.12. The molecule has 0 saturated heterocycles. The van der Waals surface area contributed by atoms with Crippen LogP contribution in [-0.4, -0.2) is 35.5 Å². The zero-order chi connectivity index (χ0) is 12.7. The fourth-order valence-corrected chi connectivity index (χ4v) is 0.986. The summed E-state index contributed by atoms with van der Waals surface area (Å²) in [4.78, 5) is 36.8. The van der Waals surface area contributed by atoms with E-state index in [1.807, 2.05) is 5.48 Å². The Labute approximate surface area is 93.1 Å². The van der Waals surface area contributed by atoms with Crippen molar-refractivity contribution in [3.05, 3.63) is 0 Å². The number of hydroxylamine groups is 1. The van der Waals surface area contributed by atoms with Gasteiger partial charge in [-0.2, -0.15) is 0 Å². The summed E-state index contributed by atoms with van der Waals surface area (Å²) < 4.78 is 0. The molecule has 0 heterocycles. The molecule has 0 radical (unpaired) electrons. The number of nitrogens with one attached hydrogen (secondary N) is 2. The van der Waals surface area contributed by atoms with Gasteiger partial charge in [0.15, 0.2) is 6.61 Å². The third-order valence-corrected chi connectivity index (χ3v) is 1.68. The third-order valence-electron chi connectivity index (χ3n) is 1.68. The monoisotopic (exact) mass is 232 g/mol. The molecule has 0 aromatic carbocycles. The van der Waals surface area contributed by atoms with E-state index < -0.39 is 24.5 Å². The highest BCUT2D eigenvalue weighted by atomic mass is 16.7. The molecule has 0 aromatic heterocycles. The molecule has 7 heteroatoms. The Bertz CT molecular complexity index is 277. The van der Waals surface area contributed by atoms with E-state index in [1.54, 1.807) is 13.8 Å². The molecule has 1 unspecified atom stereocenters. The van der Waals surface area contributed by atoms with Crippen LogP contribution in [0.2, 0.25) is 0 Å². The molecule has 0 fully saturated rings. The van der Waals surface area contributed by atoms with Gasteiger partial charge in [0.05, 0.1) is 0 Å². The molecule has 7 nitrogen and oxygen atoms in total. The topological polar surface area (TPSA) is 105 Å². The minimum absolute atomic E-state index is 0.127. The molecular weight excluding hydrogens is 216 g/mol. The zero-order valence-electron chi connectivity index (χ0n) is 9.44. The first-order valence-corrected chi connectivity index (χ1v) is 4.75. The van der Waals surface area contributed by atoms with E-state index in [1.165, 1.54) is 6.92 Å².